The Balaban J connectivity index is 2.03. The van der Waals surface area contributed by atoms with Gasteiger partial charge in [0.15, 0.2) is 6.04 Å². The quantitative estimate of drug-likeness (QED) is 0.657. The van der Waals surface area contributed by atoms with Crippen molar-refractivity contribution in [2.45, 2.75) is 45.1 Å². The molecule has 1 atom stereocenters. The lowest BCUT2D eigenvalue weighted by Gasteiger charge is -2.26. The Morgan fingerprint density at radius 3 is 2.41 bits per heavy atom. The second-order valence-electron chi connectivity index (χ2n) is 5.91. The van der Waals surface area contributed by atoms with Crippen molar-refractivity contribution in [2.75, 3.05) is 18.4 Å². The molecule has 0 spiro atoms. The fourth-order valence-corrected chi connectivity index (χ4v) is 2.96. The molecule has 1 aliphatic heterocycles. The first-order valence-corrected chi connectivity index (χ1v) is 7.98. The Hall–Kier alpha value is -1.95. The number of nitrogens with one attached hydrogen (secondary N) is 2. The van der Waals surface area contributed by atoms with Crippen LogP contribution in [0.1, 0.15) is 39.0 Å². The molecule has 1 heterocycles. The van der Waals surface area contributed by atoms with E-state index in [4.69, 9.17) is 0 Å². The van der Waals surface area contributed by atoms with Crippen LogP contribution in [0.2, 0.25) is 0 Å². The van der Waals surface area contributed by atoms with E-state index in [2.05, 4.69) is 5.32 Å². The van der Waals surface area contributed by atoms with Crippen LogP contribution in [0.15, 0.2) is 24.3 Å². The first-order valence-electron chi connectivity index (χ1n) is 7.98. The Morgan fingerprint density at radius 2 is 1.77 bits per heavy atom. The Morgan fingerprint density at radius 1 is 1.18 bits per heavy atom. The van der Waals surface area contributed by atoms with Crippen molar-refractivity contribution in [2.24, 2.45) is 0 Å². The van der Waals surface area contributed by atoms with Crippen molar-refractivity contribution in [3.05, 3.63) is 34.4 Å². The molecule has 0 aliphatic carbocycles. The monoisotopic (exact) mass is 306 g/mol. The van der Waals surface area contributed by atoms with E-state index in [1.165, 1.54) is 30.2 Å². The number of benzene rings is 1. The van der Waals surface area contributed by atoms with E-state index in [0.717, 1.165) is 25.9 Å². The highest BCUT2D eigenvalue weighted by molar-refractivity contribution is 5.95. The summed E-state index contributed by atoms with van der Waals surface area (Å²) in [4.78, 5) is 24.2. The third-order valence-electron chi connectivity index (χ3n) is 4.36. The molecule has 0 aromatic heterocycles. The summed E-state index contributed by atoms with van der Waals surface area (Å²) in [7, 11) is 0. The first kappa shape index (κ1) is 16.4. The van der Waals surface area contributed by atoms with Crippen LogP contribution in [0.4, 0.5) is 11.4 Å². The zero-order valence-electron chi connectivity index (χ0n) is 13.0. The number of quaternary nitrogens is 1. The Labute approximate surface area is 130 Å². The highest BCUT2D eigenvalue weighted by Gasteiger charge is 2.27. The second-order valence-corrected chi connectivity index (χ2v) is 5.91. The van der Waals surface area contributed by atoms with Gasteiger partial charge in [0.1, 0.15) is 5.69 Å². The third-order valence-corrected chi connectivity index (χ3v) is 4.36. The molecule has 1 aliphatic rings. The van der Waals surface area contributed by atoms with Gasteiger partial charge in [-0.1, -0.05) is 18.6 Å². The van der Waals surface area contributed by atoms with Gasteiger partial charge in [-0.2, -0.15) is 0 Å². The molecule has 2 N–H and O–H groups in total. The van der Waals surface area contributed by atoms with Gasteiger partial charge in [0, 0.05) is 6.07 Å². The fourth-order valence-electron chi connectivity index (χ4n) is 2.96. The van der Waals surface area contributed by atoms with Crippen molar-refractivity contribution in [3.63, 3.8) is 0 Å². The van der Waals surface area contributed by atoms with Crippen molar-refractivity contribution < 1.29 is 14.6 Å². The largest absolute Gasteiger partial charge is 0.325 e. The minimum atomic E-state index is -0.469. The Bertz CT molecular complexity index is 525. The number of likely N-dealkylation sites (tertiary alicyclic amines) is 1. The standard InChI is InChI=1S/C16H23N3O3/c1-13(18-11-7-3-2-4-8-12-18)16(20)17-14-9-5-6-10-15(14)19(21)22/h5-6,9-10,13H,2-4,7-8,11-12H2,1H3,(H,17,20)/p+1/t13-/m0/s1. The number of nitrogens with zero attached hydrogens (tertiary/aromatic N) is 1. The number of nitro benzene ring substituents is 1. The van der Waals surface area contributed by atoms with E-state index >= 15 is 0 Å². The molecular weight excluding hydrogens is 282 g/mol. The summed E-state index contributed by atoms with van der Waals surface area (Å²) in [5.41, 5.74) is 0.210. The van der Waals surface area contributed by atoms with Gasteiger partial charge in [-0.25, -0.2) is 0 Å². The van der Waals surface area contributed by atoms with Crippen molar-refractivity contribution in [1.82, 2.24) is 0 Å². The maximum Gasteiger partial charge on any atom is 0.292 e. The molecule has 0 unspecified atom stereocenters. The van der Waals surface area contributed by atoms with E-state index < -0.39 is 4.92 Å². The van der Waals surface area contributed by atoms with E-state index in [0.29, 0.717) is 0 Å². The lowest BCUT2D eigenvalue weighted by molar-refractivity contribution is -0.914. The molecule has 1 aromatic carbocycles. The van der Waals surface area contributed by atoms with Crippen molar-refractivity contribution in [1.29, 1.82) is 0 Å². The van der Waals surface area contributed by atoms with Gasteiger partial charge in [-0.3, -0.25) is 14.9 Å². The summed E-state index contributed by atoms with van der Waals surface area (Å²) in [6.45, 7) is 3.89. The summed E-state index contributed by atoms with van der Waals surface area (Å²) in [5.74, 6) is -0.148. The van der Waals surface area contributed by atoms with Crippen LogP contribution in [0.5, 0.6) is 0 Å². The van der Waals surface area contributed by atoms with Crippen molar-refractivity contribution in [3.8, 4) is 0 Å². The SMILES string of the molecule is C[C@@H](C(=O)Nc1ccccc1[N+](=O)[O-])[NH+]1CCCCCCC1. The van der Waals surface area contributed by atoms with Gasteiger partial charge in [-0.05, 0) is 38.7 Å². The average molecular weight is 306 g/mol. The summed E-state index contributed by atoms with van der Waals surface area (Å²) >= 11 is 0. The van der Waals surface area contributed by atoms with Gasteiger partial charge in [0.2, 0.25) is 0 Å². The van der Waals surface area contributed by atoms with Crippen LogP contribution in [-0.2, 0) is 4.79 Å². The molecule has 6 nitrogen and oxygen atoms in total. The Kier molecular flexibility index (Phi) is 5.89. The van der Waals surface area contributed by atoms with Crippen molar-refractivity contribution >= 4 is 17.3 Å². The van der Waals surface area contributed by atoms with E-state index in [1.54, 1.807) is 18.2 Å². The summed E-state index contributed by atoms with van der Waals surface area (Å²) in [5, 5.41) is 13.7. The predicted molar refractivity (Wildman–Crippen MR) is 85.0 cm³/mol. The molecule has 22 heavy (non-hydrogen) atoms. The average Bonchev–Trinajstić information content (AvgIpc) is 2.46. The number of rotatable bonds is 4. The maximum absolute atomic E-state index is 12.4. The normalized spacial score (nSPS) is 18.0. The smallest absolute Gasteiger partial charge is 0.292 e. The van der Waals surface area contributed by atoms with Gasteiger partial charge < -0.3 is 10.2 Å². The summed E-state index contributed by atoms with van der Waals surface area (Å²) in [6, 6.07) is 6.07. The first-order chi connectivity index (χ1) is 10.6. The van der Waals surface area contributed by atoms with Crippen LogP contribution in [0.3, 0.4) is 0 Å². The van der Waals surface area contributed by atoms with E-state index in [-0.39, 0.29) is 23.3 Å². The minimum Gasteiger partial charge on any atom is -0.325 e. The van der Waals surface area contributed by atoms with Gasteiger partial charge in [0.25, 0.3) is 11.6 Å². The van der Waals surface area contributed by atoms with Crippen LogP contribution < -0.4 is 10.2 Å². The lowest BCUT2D eigenvalue weighted by Crippen LogP contribution is -3.16. The predicted octanol–water partition coefficient (Wildman–Crippen LogP) is 1.77. The molecule has 1 saturated heterocycles. The highest BCUT2D eigenvalue weighted by atomic mass is 16.6. The number of nitro groups is 1. The second kappa shape index (κ2) is 7.89. The zero-order chi connectivity index (χ0) is 15.9. The maximum atomic E-state index is 12.4. The molecule has 1 amide bonds. The van der Waals surface area contributed by atoms with Crippen LogP contribution in [-0.4, -0.2) is 30.0 Å². The number of para-hydroxylation sites is 2. The number of hydrogen-bond donors (Lipinski definition) is 2. The highest BCUT2D eigenvalue weighted by Crippen LogP contribution is 2.23. The summed E-state index contributed by atoms with van der Waals surface area (Å²) in [6.07, 6.45) is 6.00. The third kappa shape index (κ3) is 4.27. The lowest BCUT2D eigenvalue weighted by atomic mass is 10.1. The van der Waals surface area contributed by atoms with Crippen LogP contribution >= 0.6 is 0 Å². The molecule has 2 rings (SSSR count). The zero-order valence-corrected chi connectivity index (χ0v) is 13.0. The van der Waals surface area contributed by atoms with Crippen LogP contribution in [0, 0.1) is 10.1 Å². The van der Waals surface area contributed by atoms with Gasteiger partial charge in [0.05, 0.1) is 18.0 Å². The molecule has 0 saturated carbocycles. The van der Waals surface area contributed by atoms with E-state index in [9.17, 15) is 14.9 Å². The summed E-state index contributed by atoms with van der Waals surface area (Å²) < 4.78 is 0. The fraction of sp³-hybridized carbons (Fsp3) is 0.562. The number of carbonyl (C=O) groups is 1. The molecule has 6 heteroatoms. The van der Waals surface area contributed by atoms with E-state index in [1.807, 2.05) is 6.92 Å². The van der Waals surface area contributed by atoms with Gasteiger partial charge in [-0.15, -0.1) is 0 Å². The molecule has 0 radical (unpaired) electrons. The topological polar surface area (TPSA) is 76.7 Å². The molecular formula is C16H24N3O3+. The van der Waals surface area contributed by atoms with Crippen LogP contribution in [0.25, 0.3) is 0 Å². The molecule has 1 aromatic rings. The minimum absolute atomic E-state index is 0.0642. The number of carbonyl (C=O) groups excluding carboxylic acids is 1. The number of anilines is 1. The molecule has 1 fully saturated rings. The molecule has 0 bridgehead atoms. The number of hydrogen-bond acceptors (Lipinski definition) is 3. The molecule has 120 valence electrons. The van der Waals surface area contributed by atoms with Gasteiger partial charge >= 0.3 is 0 Å². The number of amides is 1.